The summed E-state index contributed by atoms with van der Waals surface area (Å²) in [5, 5.41) is 20.0. The summed E-state index contributed by atoms with van der Waals surface area (Å²) in [6.07, 6.45) is 3.27. The molecule has 0 radical (unpaired) electrons. The van der Waals surface area contributed by atoms with Crippen molar-refractivity contribution in [1.29, 1.82) is 0 Å². The van der Waals surface area contributed by atoms with E-state index in [1.54, 1.807) is 0 Å². The third-order valence-corrected chi connectivity index (χ3v) is 2.91. The van der Waals surface area contributed by atoms with Crippen LogP contribution in [0.1, 0.15) is 51.4 Å². The van der Waals surface area contributed by atoms with Gasteiger partial charge in [0.1, 0.15) is 0 Å². The Balaban J connectivity index is 2.54. The first-order valence-electron chi connectivity index (χ1n) is 6.77. The fourth-order valence-corrected chi connectivity index (χ4v) is 1.85. The van der Waals surface area contributed by atoms with Crippen molar-refractivity contribution < 1.29 is 9.90 Å². The molecule has 1 aromatic heterocycles. The number of carbonyl (C=O) groups is 1. The number of carboxylic acid groups (broad SMARTS) is 1. The minimum Gasteiger partial charge on any atom is -0.481 e. The molecule has 6 heteroatoms. The first-order chi connectivity index (χ1) is 9.06. The molecule has 1 atom stereocenters. The zero-order valence-corrected chi connectivity index (χ0v) is 11.8. The van der Waals surface area contributed by atoms with Gasteiger partial charge in [-0.15, -0.1) is 5.10 Å². The van der Waals surface area contributed by atoms with Crippen LogP contribution in [0.5, 0.6) is 0 Å². The maximum absolute atomic E-state index is 10.4. The van der Waals surface area contributed by atoms with Gasteiger partial charge in [-0.25, -0.2) is 4.98 Å². The highest BCUT2D eigenvalue weighted by Crippen LogP contribution is 2.10. The van der Waals surface area contributed by atoms with Gasteiger partial charge in [-0.3, -0.25) is 4.79 Å². The number of aryl methyl sites for hydroxylation is 2. The Morgan fingerprint density at radius 1 is 1.26 bits per heavy atom. The molecule has 1 unspecified atom stereocenters. The van der Waals surface area contributed by atoms with Gasteiger partial charge in [0.15, 0.2) is 0 Å². The normalized spacial score (nSPS) is 12.2. The van der Waals surface area contributed by atoms with Crippen LogP contribution in [0.25, 0.3) is 0 Å². The maximum atomic E-state index is 10.4. The SMILES string of the molecule is CCc1nnc(NC(C)CCCC(=O)O)nc1CC. The lowest BCUT2D eigenvalue weighted by Gasteiger charge is -2.13. The first-order valence-corrected chi connectivity index (χ1v) is 6.77. The van der Waals surface area contributed by atoms with Crippen LogP contribution in [0.4, 0.5) is 5.95 Å². The highest BCUT2D eigenvalue weighted by Gasteiger charge is 2.09. The van der Waals surface area contributed by atoms with Crippen LogP contribution >= 0.6 is 0 Å². The second-order valence-electron chi connectivity index (χ2n) is 4.57. The Morgan fingerprint density at radius 2 is 1.95 bits per heavy atom. The van der Waals surface area contributed by atoms with Gasteiger partial charge in [-0.05, 0) is 32.6 Å². The number of carboxylic acids is 1. The number of aliphatic carboxylic acids is 1. The Bertz CT molecular complexity index is 423. The molecule has 1 aromatic rings. The van der Waals surface area contributed by atoms with Crippen molar-refractivity contribution in [2.45, 2.75) is 58.9 Å². The summed E-state index contributed by atoms with van der Waals surface area (Å²) in [5.74, 6) is -0.234. The molecule has 0 aliphatic rings. The average molecular weight is 266 g/mol. The zero-order chi connectivity index (χ0) is 14.3. The van der Waals surface area contributed by atoms with Gasteiger partial charge in [0, 0.05) is 12.5 Å². The summed E-state index contributed by atoms with van der Waals surface area (Å²) in [5.41, 5.74) is 1.91. The Hall–Kier alpha value is -1.72. The van der Waals surface area contributed by atoms with Crippen LogP contribution in [0, 0.1) is 0 Å². The van der Waals surface area contributed by atoms with Crippen molar-refractivity contribution in [3.63, 3.8) is 0 Å². The number of rotatable bonds is 8. The van der Waals surface area contributed by atoms with Crippen LogP contribution < -0.4 is 5.32 Å². The molecular weight excluding hydrogens is 244 g/mol. The molecule has 0 aromatic carbocycles. The molecule has 0 saturated heterocycles. The van der Waals surface area contributed by atoms with E-state index in [1.165, 1.54) is 0 Å². The number of hydrogen-bond donors (Lipinski definition) is 2. The number of aromatic nitrogens is 3. The van der Waals surface area contributed by atoms with Crippen LogP contribution in [0.15, 0.2) is 0 Å². The summed E-state index contributed by atoms with van der Waals surface area (Å²) in [4.78, 5) is 14.9. The monoisotopic (exact) mass is 266 g/mol. The van der Waals surface area contributed by atoms with E-state index >= 15 is 0 Å². The van der Waals surface area contributed by atoms with Crippen molar-refractivity contribution in [2.24, 2.45) is 0 Å². The van der Waals surface area contributed by atoms with Gasteiger partial charge >= 0.3 is 5.97 Å². The molecular formula is C13H22N4O2. The summed E-state index contributed by atoms with van der Waals surface area (Å²) in [6, 6.07) is 0.137. The molecule has 0 spiro atoms. The van der Waals surface area contributed by atoms with Crippen molar-refractivity contribution in [2.75, 3.05) is 5.32 Å². The van der Waals surface area contributed by atoms with E-state index in [4.69, 9.17) is 5.11 Å². The molecule has 2 N–H and O–H groups in total. The van der Waals surface area contributed by atoms with Crippen LogP contribution in [-0.4, -0.2) is 32.3 Å². The Labute approximate surface area is 113 Å². The molecule has 0 aliphatic heterocycles. The van der Waals surface area contributed by atoms with Gasteiger partial charge in [-0.2, -0.15) is 5.10 Å². The standard InChI is InChI=1S/C13H22N4O2/c1-4-10-11(5-2)16-17-13(15-10)14-9(3)7-6-8-12(18)19/h9H,4-8H2,1-3H3,(H,18,19)(H,14,15,17). The van der Waals surface area contributed by atoms with Crippen molar-refractivity contribution in [3.05, 3.63) is 11.4 Å². The molecule has 0 amide bonds. The highest BCUT2D eigenvalue weighted by atomic mass is 16.4. The largest absolute Gasteiger partial charge is 0.481 e. The van der Waals surface area contributed by atoms with Gasteiger partial charge in [0.05, 0.1) is 11.4 Å². The summed E-state index contributed by atoms with van der Waals surface area (Å²) in [7, 11) is 0. The quantitative estimate of drug-likeness (QED) is 0.748. The van der Waals surface area contributed by atoms with Gasteiger partial charge in [-0.1, -0.05) is 13.8 Å². The van der Waals surface area contributed by atoms with Crippen LogP contribution in [0.2, 0.25) is 0 Å². The summed E-state index contributed by atoms with van der Waals surface area (Å²) < 4.78 is 0. The van der Waals surface area contributed by atoms with E-state index in [2.05, 4.69) is 20.5 Å². The third kappa shape index (κ3) is 5.19. The smallest absolute Gasteiger partial charge is 0.303 e. The van der Waals surface area contributed by atoms with Crippen molar-refractivity contribution >= 4 is 11.9 Å². The summed E-state index contributed by atoms with van der Waals surface area (Å²) >= 11 is 0. The predicted molar refractivity (Wildman–Crippen MR) is 73.2 cm³/mol. The molecule has 1 heterocycles. The minimum absolute atomic E-state index is 0.137. The molecule has 0 fully saturated rings. The highest BCUT2D eigenvalue weighted by molar-refractivity contribution is 5.66. The molecule has 1 rings (SSSR count). The predicted octanol–water partition coefficient (Wildman–Crippen LogP) is 2.05. The number of anilines is 1. The topological polar surface area (TPSA) is 88.0 Å². The number of nitrogens with zero attached hydrogens (tertiary/aromatic N) is 3. The third-order valence-electron chi connectivity index (χ3n) is 2.91. The summed E-state index contributed by atoms with van der Waals surface area (Å²) in [6.45, 7) is 6.07. The Morgan fingerprint density at radius 3 is 2.53 bits per heavy atom. The number of nitrogens with one attached hydrogen (secondary N) is 1. The second kappa shape index (κ2) is 7.66. The Kier molecular flexibility index (Phi) is 6.18. The fraction of sp³-hybridized carbons (Fsp3) is 0.692. The van der Waals surface area contributed by atoms with E-state index < -0.39 is 5.97 Å². The van der Waals surface area contributed by atoms with Crippen molar-refractivity contribution in [3.8, 4) is 0 Å². The van der Waals surface area contributed by atoms with E-state index in [-0.39, 0.29) is 12.5 Å². The lowest BCUT2D eigenvalue weighted by atomic mass is 10.1. The molecule has 106 valence electrons. The van der Waals surface area contributed by atoms with E-state index in [0.717, 1.165) is 30.7 Å². The molecule has 6 nitrogen and oxygen atoms in total. The molecule has 19 heavy (non-hydrogen) atoms. The zero-order valence-electron chi connectivity index (χ0n) is 11.8. The first kappa shape index (κ1) is 15.3. The van der Waals surface area contributed by atoms with E-state index in [0.29, 0.717) is 12.4 Å². The number of hydrogen-bond acceptors (Lipinski definition) is 5. The van der Waals surface area contributed by atoms with E-state index in [9.17, 15) is 4.79 Å². The fourth-order valence-electron chi connectivity index (χ4n) is 1.85. The van der Waals surface area contributed by atoms with Crippen LogP contribution in [0.3, 0.4) is 0 Å². The van der Waals surface area contributed by atoms with E-state index in [1.807, 2.05) is 20.8 Å². The molecule has 0 aliphatic carbocycles. The van der Waals surface area contributed by atoms with Crippen LogP contribution in [-0.2, 0) is 17.6 Å². The molecule has 0 bridgehead atoms. The lowest BCUT2D eigenvalue weighted by Crippen LogP contribution is -2.19. The van der Waals surface area contributed by atoms with Gasteiger partial charge in [0.25, 0.3) is 0 Å². The maximum Gasteiger partial charge on any atom is 0.303 e. The molecule has 0 saturated carbocycles. The minimum atomic E-state index is -0.759. The average Bonchev–Trinajstić information content (AvgIpc) is 2.38. The van der Waals surface area contributed by atoms with Crippen molar-refractivity contribution in [1.82, 2.24) is 15.2 Å². The lowest BCUT2D eigenvalue weighted by molar-refractivity contribution is -0.137. The second-order valence-corrected chi connectivity index (χ2v) is 4.57. The van der Waals surface area contributed by atoms with Gasteiger partial charge in [0.2, 0.25) is 5.95 Å². The van der Waals surface area contributed by atoms with Gasteiger partial charge < -0.3 is 10.4 Å².